The van der Waals surface area contributed by atoms with Gasteiger partial charge in [0.1, 0.15) is 0 Å². The minimum absolute atomic E-state index is 0.130. The molecule has 5 heteroatoms. The summed E-state index contributed by atoms with van der Waals surface area (Å²) in [5, 5.41) is 3.18. The molecule has 19 heavy (non-hydrogen) atoms. The predicted octanol–water partition coefficient (Wildman–Crippen LogP) is 0.803. The highest BCUT2D eigenvalue weighted by molar-refractivity contribution is 5.69. The van der Waals surface area contributed by atoms with Crippen molar-refractivity contribution >= 4 is 5.97 Å². The van der Waals surface area contributed by atoms with Crippen LogP contribution in [0.15, 0.2) is 0 Å². The monoisotopic (exact) mass is 273 g/mol. The Hall–Kier alpha value is -0.650. The van der Waals surface area contributed by atoms with Gasteiger partial charge < -0.3 is 19.9 Å². The van der Waals surface area contributed by atoms with Crippen LogP contribution in [0.1, 0.15) is 26.2 Å². The zero-order valence-corrected chi connectivity index (χ0v) is 13.1. The van der Waals surface area contributed by atoms with Gasteiger partial charge in [0.05, 0.1) is 13.5 Å². The zero-order chi connectivity index (χ0) is 14.5. The third-order valence-electron chi connectivity index (χ3n) is 3.29. The number of rotatable bonds is 12. The van der Waals surface area contributed by atoms with E-state index in [0.29, 0.717) is 6.42 Å². The largest absolute Gasteiger partial charge is 0.469 e. The van der Waals surface area contributed by atoms with Gasteiger partial charge in [0, 0.05) is 6.54 Å². The lowest BCUT2D eigenvalue weighted by molar-refractivity contribution is -0.140. The first-order chi connectivity index (χ1) is 9.13. The molecule has 5 nitrogen and oxygen atoms in total. The molecule has 114 valence electrons. The molecule has 0 saturated carbocycles. The summed E-state index contributed by atoms with van der Waals surface area (Å²) in [5.41, 5.74) is 0. The van der Waals surface area contributed by atoms with E-state index in [1.54, 1.807) is 0 Å². The number of nitrogens with one attached hydrogen (secondary N) is 1. The summed E-state index contributed by atoms with van der Waals surface area (Å²) in [6.07, 6.45) is 2.82. The highest BCUT2D eigenvalue weighted by Crippen LogP contribution is 1.97. The molecule has 0 spiro atoms. The van der Waals surface area contributed by atoms with Gasteiger partial charge >= 0.3 is 5.97 Å². The maximum Gasteiger partial charge on any atom is 0.306 e. The molecule has 0 aromatic rings. The maximum absolute atomic E-state index is 11.0. The average molecular weight is 273 g/mol. The van der Waals surface area contributed by atoms with Crippen LogP contribution in [0.25, 0.3) is 0 Å². The van der Waals surface area contributed by atoms with Gasteiger partial charge in [-0.05, 0) is 59.7 Å². The van der Waals surface area contributed by atoms with Gasteiger partial charge in [-0.25, -0.2) is 0 Å². The maximum atomic E-state index is 11.0. The number of esters is 1. The molecule has 0 aliphatic rings. The smallest absolute Gasteiger partial charge is 0.306 e. The van der Waals surface area contributed by atoms with Crippen LogP contribution in [0.4, 0.5) is 0 Å². The molecule has 0 aliphatic carbocycles. The molecule has 0 saturated heterocycles. The van der Waals surface area contributed by atoms with Crippen molar-refractivity contribution in [3.05, 3.63) is 0 Å². The number of hydrogen-bond acceptors (Lipinski definition) is 5. The molecule has 0 bridgehead atoms. The fourth-order valence-electron chi connectivity index (χ4n) is 1.97. The summed E-state index contributed by atoms with van der Waals surface area (Å²) in [4.78, 5) is 15.7. The summed E-state index contributed by atoms with van der Waals surface area (Å²) in [6, 6.07) is 0. The standard InChI is InChI=1S/C14H31N3O2/c1-5-17(11-6-9-15-2)12-7-10-16(3)13-8-14(18)19-4/h15H,5-13H2,1-4H3. The van der Waals surface area contributed by atoms with E-state index in [1.807, 2.05) is 7.05 Å². The van der Waals surface area contributed by atoms with E-state index < -0.39 is 0 Å². The molecule has 0 atom stereocenters. The molecule has 0 unspecified atom stereocenters. The fourth-order valence-corrected chi connectivity index (χ4v) is 1.97. The van der Waals surface area contributed by atoms with E-state index in [4.69, 9.17) is 0 Å². The van der Waals surface area contributed by atoms with Crippen LogP contribution in [0.5, 0.6) is 0 Å². The Morgan fingerprint density at radius 2 is 1.84 bits per heavy atom. The Kier molecular flexibility index (Phi) is 12.0. The van der Waals surface area contributed by atoms with Crippen molar-refractivity contribution in [1.29, 1.82) is 0 Å². The van der Waals surface area contributed by atoms with Crippen molar-refractivity contribution in [2.24, 2.45) is 0 Å². The zero-order valence-electron chi connectivity index (χ0n) is 13.1. The first kappa shape index (κ1) is 18.4. The van der Waals surface area contributed by atoms with Crippen molar-refractivity contribution in [2.75, 3.05) is 60.5 Å². The Balaban J connectivity index is 3.59. The normalized spacial score (nSPS) is 11.3. The molecule has 0 aromatic carbocycles. The Labute approximate surface area is 118 Å². The van der Waals surface area contributed by atoms with Crippen molar-refractivity contribution < 1.29 is 9.53 Å². The number of hydrogen-bond donors (Lipinski definition) is 1. The first-order valence-corrected chi connectivity index (χ1v) is 7.26. The predicted molar refractivity (Wildman–Crippen MR) is 79.4 cm³/mol. The molecule has 0 amide bonds. The van der Waals surface area contributed by atoms with Gasteiger partial charge in [0.2, 0.25) is 0 Å². The lowest BCUT2D eigenvalue weighted by atomic mass is 10.3. The third kappa shape index (κ3) is 10.9. The van der Waals surface area contributed by atoms with E-state index in [9.17, 15) is 4.79 Å². The fraction of sp³-hybridized carbons (Fsp3) is 0.929. The Morgan fingerprint density at radius 3 is 2.42 bits per heavy atom. The van der Waals surface area contributed by atoms with Crippen molar-refractivity contribution in [3.63, 3.8) is 0 Å². The first-order valence-electron chi connectivity index (χ1n) is 7.26. The van der Waals surface area contributed by atoms with Crippen LogP contribution in [0.3, 0.4) is 0 Å². The minimum Gasteiger partial charge on any atom is -0.469 e. The second-order valence-corrected chi connectivity index (χ2v) is 4.87. The lowest BCUT2D eigenvalue weighted by Crippen LogP contribution is -2.31. The van der Waals surface area contributed by atoms with E-state index in [-0.39, 0.29) is 5.97 Å². The van der Waals surface area contributed by atoms with Gasteiger partial charge in [0.15, 0.2) is 0 Å². The molecule has 0 aromatic heterocycles. The molecule has 0 radical (unpaired) electrons. The van der Waals surface area contributed by atoms with Crippen molar-refractivity contribution in [3.8, 4) is 0 Å². The quantitative estimate of drug-likeness (QED) is 0.421. The summed E-state index contributed by atoms with van der Waals surface area (Å²) in [6.45, 7) is 8.48. The SMILES string of the molecule is CCN(CCCNC)CCCN(C)CCC(=O)OC. The topological polar surface area (TPSA) is 44.8 Å². The van der Waals surface area contributed by atoms with Gasteiger partial charge in [-0.15, -0.1) is 0 Å². The highest BCUT2D eigenvalue weighted by atomic mass is 16.5. The summed E-state index contributed by atoms with van der Waals surface area (Å²) in [7, 11) is 5.49. The lowest BCUT2D eigenvalue weighted by Gasteiger charge is -2.22. The van der Waals surface area contributed by atoms with Crippen LogP contribution < -0.4 is 5.32 Å². The number of carbonyl (C=O) groups excluding carboxylic acids is 1. The summed E-state index contributed by atoms with van der Waals surface area (Å²) < 4.78 is 4.64. The Bertz CT molecular complexity index is 225. The average Bonchev–Trinajstić information content (AvgIpc) is 2.43. The van der Waals surface area contributed by atoms with Crippen molar-refractivity contribution in [1.82, 2.24) is 15.1 Å². The van der Waals surface area contributed by atoms with E-state index in [0.717, 1.165) is 45.7 Å². The Morgan fingerprint density at radius 1 is 1.16 bits per heavy atom. The number of nitrogens with zero attached hydrogens (tertiary/aromatic N) is 2. The number of carbonyl (C=O) groups is 1. The van der Waals surface area contributed by atoms with E-state index >= 15 is 0 Å². The molecule has 0 aliphatic heterocycles. The van der Waals surface area contributed by atoms with E-state index in [2.05, 4.69) is 33.8 Å². The molecular weight excluding hydrogens is 242 g/mol. The second-order valence-electron chi connectivity index (χ2n) is 4.87. The van der Waals surface area contributed by atoms with E-state index in [1.165, 1.54) is 13.5 Å². The van der Waals surface area contributed by atoms with Crippen LogP contribution >= 0.6 is 0 Å². The molecular formula is C14H31N3O2. The molecule has 0 fully saturated rings. The molecule has 0 rings (SSSR count). The number of ether oxygens (including phenoxy) is 1. The highest BCUT2D eigenvalue weighted by Gasteiger charge is 2.06. The van der Waals surface area contributed by atoms with Gasteiger partial charge in [0.25, 0.3) is 0 Å². The summed E-state index contributed by atoms with van der Waals surface area (Å²) >= 11 is 0. The van der Waals surface area contributed by atoms with Crippen LogP contribution in [-0.2, 0) is 9.53 Å². The number of methoxy groups -OCH3 is 1. The van der Waals surface area contributed by atoms with Crippen molar-refractivity contribution in [2.45, 2.75) is 26.2 Å². The van der Waals surface area contributed by atoms with Gasteiger partial charge in [-0.3, -0.25) is 4.79 Å². The van der Waals surface area contributed by atoms with Gasteiger partial charge in [-0.1, -0.05) is 6.92 Å². The molecule has 1 N–H and O–H groups in total. The van der Waals surface area contributed by atoms with Crippen LogP contribution in [0.2, 0.25) is 0 Å². The molecule has 0 heterocycles. The van der Waals surface area contributed by atoms with Crippen LogP contribution in [0, 0.1) is 0 Å². The van der Waals surface area contributed by atoms with Crippen LogP contribution in [-0.4, -0.2) is 76.2 Å². The van der Waals surface area contributed by atoms with Gasteiger partial charge in [-0.2, -0.15) is 0 Å². The summed E-state index contributed by atoms with van der Waals surface area (Å²) in [5.74, 6) is -0.130. The third-order valence-corrected chi connectivity index (χ3v) is 3.29. The minimum atomic E-state index is -0.130. The second kappa shape index (κ2) is 12.4.